The molecule has 0 aromatic carbocycles. The molecule has 4 heterocycles. The topological polar surface area (TPSA) is 84.3 Å². The van der Waals surface area contributed by atoms with E-state index in [1.165, 1.54) is 12.8 Å². The first-order chi connectivity index (χ1) is 11.8. The van der Waals surface area contributed by atoms with Crippen LogP contribution in [-0.2, 0) is 5.54 Å². The fourth-order valence-corrected chi connectivity index (χ4v) is 3.48. The van der Waals surface area contributed by atoms with E-state index in [1.807, 2.05) is 17.1 Å². The lowest BCUT2D eigenvalue weighted by atomic mass is 9.89. The van der Waals surface area contributed by atoms with Crippen LogP contribution >= 0.6 is 0 Å². The number of aromatic nitrogens is 5. The van der Waals surface area contributed by atoms with Gasteiger partial charge in [0.15, 0.2) is 0 Å². The van der Waals surface area contributed by atoms with Crippen molar-refractivity contribution in [1.82, 2.24) is 29.6 Å². The molecular formula is C17H17N7. The third kappa shape index (κ3) is 1.90. The van der Waals surface area contributed by atoms with E-state index in [0.29, 0.717) is 12.5 Å². The molecule has 0 atom stereocenters. The van der Waals surface area contributed by atoms with Crippen molar-refractivity contribution in [3.05, 3.63) is 31.0 Å². The van der Waals surface area contributed by atoms with Gasteiger partial charge in [-0.15, -0.1) is 0 Å². The summed E-state index contributed by atoms with van der Waals surface area (Å²) in [6, 6.07) is 4.96. The smallest absolute Gasteiger partial charge is 0.144 e. The van der Waals surface area contributed by atoms with Crippen molar-refractivity contribution >= 4 is 11.0 Å². The molecule has 7 nitrogen and oxygen atoms in total. The van der Waals surface area contributed by atoms with Crippen molar-refractivity contribution in [3.8, 4) is 17.3 Å². The zero-order chi connectivity index (χ0) is 16.1. The predicted octanol–water partition coefficient (Wildman–Crippen LogP) is 1.84. The highest BCUT2D eigenvalue weighted by Gasteiger charge is 2.39. The van der Waals surface area contributed by atoms with E-state index in [1.54, 1.807) is 6.33 Å². The summed E-state index contributed by atoms with van der Waals surface area (Å²) in [4.78, 5) is 8.97. The lowest BCUT2D eigenvalue weighted by Crippen LogP contribution is -2.60. The molecule has 0 unspecified atom stereocenters. The first-order valence-electron chi connectivity index (χ1n) is 8.25. The van der Waals surface area contributed by atoms with Gasteiger partial charge in [-0.1, -0.05) is 0 Å². The number of nitriles is 1. The standard InChI is InChI=1S/C17H17N7/c18-5-4-17(9-19-10-17)24-8-12(7-22-24)15-14-3-6-23(13-1-2-13)16(14)21-11-20-15/h3,6-8,11,13,19H,1-2,4,9-10H2. The first kappa shape index (κ1) is 13.7. The van der Waals surface area contributed by atoms with Crippen molar-refractivity contribution in [1.29, 1.82) is 5.26 Å². The summed E-state index contributed by atoms with van der Waals surface area (Å²) in [5, 5.41) is 17.9. The van der Waals surface area contributed by atoms with Crippen LogP contribution < -0.4 is 5.32 Å². The second-order valence-corrected chi connectivity index (χ2v) is 6.75. The normalized spacial score (nSPS) is 19.1. The molecule has 1 aliphatic carbocycles. The number of hydrogen-bond donors (Lipinski definition) is 1. The van der Waals surface area contributed by atoms with Crippen LogP contribution in [0.25, 0.3) is 22.3 Å². The maximum atomic E-state index is 9.11. The van der Waals surface area contributed by atoms with E-state index in [9.17, 15) is 0 Å². The highest BCUT2D eigenvalue weighted by molar-refractivity contribution is 5.90. The molecule has 0 radical (unpaired) electrons. The van der Waals surface area contributed by atoms with Gasteiger partial charge in [0, 0.05) is 42.5 Å². The van der Waals surface area contributed by atoms with Crippen LogP contribution in [0, 0.1) is 11.3 Å². The highest BCUT2D eigenvalue weighted by Crippen LogP contribution is 2.38. The Morgan fingerprint density at radius 2 is 2.21 bits per heavy atom. The van der Waals surface area contributed by atoms with E-state index >= 15 is 0 Å². The molecule has 1 saturated carbocycles. The van der Waals surface area contributed by atoms with E-state index in [0.717, 1.165) is 35.4 Å². The van der Waals surface area contributed by atoms with Gasteiger partial charge in [0.1, 0.15) is 17.5 Å². The fourth-order valence-electron chi connectivity index (χ4n) is 3.48. The van der Waals surface area contributed by atoms with E-state index < -0.39 is 0 Å². The summed E-state index contributed by atoms with van der Waals surface area (Å²) in [6.07, 6.45) is 10.5. The van der Waals surface area contributed by atoms with Gasteiger partial charge in [-0.3, -0.25) is 4.68 Å². The second-order valence-electron chi connectivity index (χ2n) is 6.75. The SMILES string of the molecule is N#CCC1(n2cc(-c3ncnc4c3ccn4C3CC3)cn2)CNC1. The summed E-state index contributed by atoms with van der Waals surface area (Å²) >= 11 is 0. The summed E-state index contributed by atoms with van der Waals surface area (Å²) in [5.41, 5.74) is 2.65. The zero-order valence-corrected chi connectivity index (χ0v) is 13.2. The minimum atomic E-state index is -0.223. The predicted molar refractivity (Wildman–Crippen MR) is 88.1 cm³/mol. The van der Waals surface area contributed by atoms with Crippen LogP contribution in [-0.4, -0.2) is 37.4 Å². The molecule has 0 bridgehead atoms. The molecular weight excluding hydrogens is 302 g/mol. The third-order valence-electron chi connectivity index (χ3n) is 5.11. The average Bonchev–Trinajstić information content (AvgIpc) is 3.12. The van der Waals surface area contributed by atoms with E-state index in [4.69, 9.17) is 5.26 Å². The lowest BCUT2D eigenvalue weighted by molar-refractivity contribution is 0.160. The minimum Gasteiger partial charge on any atom is -0.329 e. The summed E-state index contributed by atoms with van der Waals surface area (Å²) < 4.78 is 4.17. The molecule has 7 heteroatoms. The summed E-state index contributed by atoms with van der Waals surface area (Å²) in [6.45, 7) is 1.55. The molecule has 1 aliphatic heterocycles. The molecule has 0 spiro atoms. The molecule has 1 N–H and O–H groups in total. The Bertz CT molecular complexity index is 953. The number of fused-ring (bicyclic) bond motifs is 1. The molecule has 2 fully saturated rings. The van der Waals surface area contributed by atoms with Gasteiger partial charge in [0.05, 0.1) is 24.4 Å². The molecule has 1 saturated heterocycles. The van der Waals surface area contributed by atoms with Crippen LogP contribution in [0.1, 0.15) is 25.3 Å². The fraction of sp³-hybridized carbons (Fsp3) is 0.412. The summed E-state index contributed by atoms with van der Waals surface area (Å²) in [7, 11) is 0. The number of hydrogen-bond acceptors (Lipinski definition) is 5. The maximum Gasteiger partial charge on any atom is 0.144 e. The monoisotopic (exact) mass is 319 g/mol. The Kier molecular flexibility index (Phi) is 2.79. The van der Waals surface area contributed by atoms with Gasteiger partial charge in [0.25, 0.3) is 0 Å². The maximum absolute atomic E-state index is 9.11. The molecule has 3 aromatic rings. The average molecular weight is 319 g/mol. The van der Waals surface area contributed by atoms with Gasteiger partial charge in [-0.2, -0.15) is 10.4 Å². The van der Waals surface area contributed by atoms with Crippen molar-refractivity contribution < 1.29 is 0 Å². The number of nitrogens with zero attached hydrogens (tertiary/aromatic N) is 6. The molecule has 5 rings (SSSR count). The van der Waals surface area contributed by atoms with Gasteiger partial charge in [-0.05, 0) is 18.9 Å². The van der Waals surface area contributed by atoms with Crippen molar-refractivity contribution in [2.75, 3.05) is 13.1 Å². The van der Waals surface area contributed by atoms with E-state index in [-0.39, 0.29) is 5.54 Å². The number of nitrogens with one attached hydrogen (secondary N) is 1. The Morgan fingerprint density at radius 1 is 1.33 bits per heavy atom. The third-order valence-corrected chi connectivity index (χ3v) is 5.11. The van der Waals surface area contributed by atoms with Crippen LogP contribution in [0.3, 0.4) is 0 Å². The quantitative estimate of drug-likeness (QED) is 0.793. The summed E-state index contributed by atoms with van der Waals surface area (Å²) in [5.74, 6) is 0. The van der Waals surface area contributed by atoms with Crippen molar-refractivity contribution in [2.24, 2.45) is 0 Å². The second kappa shape index (κ2) is 4.89. The Balaban J connectivity index is 1.58. The molecule has 24 heavy (non-hydrogen) atoms. The lowest BCUT2D eigenvalue weighted by Gasteiger charge is -2.41. The molecule has 3 aromatic heterocycles. The van der Waals surface area contributed by atoms with Crippen LogP contribution in [0.2, 0.25) is 0 Å². The molecule has 0 amide bonds. The van der Waals surface area contributed by atoms with E-state index in [2.05, 4.69) is 43.3 Å². The van der Waals surface area contributed by atoms with Crippen molar-refractivity contribution in [2.45, 2.75) is 30.8 Å². The minimum absolute atomic E-state index is 0.223. The van der Waals surface area contributed by atoms with Gasteiger partial charge >= 0.3 is 0 Å². The zero-order valence-electron chi connectivity index (χ0n) is 13.2. The van der Waals surface area contributed by atoms with Crippen LogP contribution in [0.4, 0.5) is 0 Å². The molecule has 120 valence electrons. The molecule has 2 aliphatic rings. The first-order valence-corrected chi connectivity index (χ1v) is 8.25. The van der Waals surface area contributed by atoms with Gasteiger partial charge in [0.2, 0.25) is 0 Å². The largest absolute Gasteiger partial charge is 0.329 e. The Labute approximate surface area is 138 Å². The number of rotatable bonds is 4. The highest BCUT2D eigenvalue weighted by atomic mass is 15.4. The van der Waals surface area contributed by atoms with Gasteiger partial charge < -0.3 is 9.88 Å². The van der Waals surface area contributed by atoms with Crippen LogP contribution in [0.15, 0.2) is 31.0 Å². The Morgan fingerprint density at radius 3 is 2.92 bits per heavy atom. The van der Waals surface area contributed by atoms with Crippen LogP contribution in [0.5, 0.6) is 0 Å². The Hall–Kier alpha value is -2.72. The van der Waals surface area contributed by atoms with Gasteiger partial charge in [-0.25, -0.2) is 9.97 Å². The van der Waals surface area contributed by atoms with Crippen molar-refractivity contribution in [3.63, 3.8) is 0 Å².